The molecule has 1 aliphatic heterocycles. The first-order chi connectivity index (χ1) is 15.7. The summed E-state index contributed by atoms with van der Waals surface area (Å²) in [7, 11) is 3.93. The molecule has 3 rings (SSSR count). The molecular weight excluding hydrogens is 418 g/mol. The Kier molecular flexibility index (Phi) is 7.43. The average Bonchev–Trinajstić information content (AvgIpc) is 3.18. The largest absolute Gasteiger partial charge is 0.507 e. The van der Waals surface area contributed by atoms with E-state index in [0.29, 0.717) is 30.9 Å². The number of hydrogen-bond donors (Lipinski definition) is 2. The fraction of sp³-hybridized carbons (Fsp3) is 0.385. The van der Waals surface area contributed by atoms with E-state index in [9.17, 15) is 14.7 Å². The zero-order chi connectivity index (χ0) is 24.3. The Morgan fingerprint density at radius 3 is 2.39 bits per heavy atom. The van der Waals surface area contributed by atoms with Crippen LogP contribution < -0.4 is 4.74 Å². The van der Waals surface area contributed by atoms with Gasteiger partial charge >= 0.3 is 0 Å². The van der Waals surface area contributed by atoms with Crippen molar-refractivity contribution in [1.29, 1.82) is 0 Å². The maximum atomic E-state index is 13.2. The number of hydrogen-bond acceptors (Lipinski definition) is 5. The van der Waals surface area contributed by atoms with Crippen LogP contribution in [0.1, 0.15) is 40.5 Å². The van der Waals surface area contributed by atoms with Gasteiger partial charge in [-0.05, 0) is 71.1 Å². The van der Waals surface area contributed by atoms with Crippen molar-refractivity contribution >= 4 is 17.4 Å². The predicted molar refractivity (Wildman–Crippen MR) is 129 cm³/mol. The van der Waals surface area contributed by atoms with E-state index in [0.717, 1.165) is 29.1 Å². The number of aromatic nitrogens is 1. The number of H-pyrrole nitrogens is 1. The minimum absolute atomic E-state index is 0.120. The van der Waals surface area contributed by atoms with Crippen LogP contribution in [-0.4, -0.2) is 65.4 Å². The fourth-order valence-corrected chi connectivity index (χ4v) is 4.31. The molecule has 2 heterocycles. The van der Waals surface area contributed by atoms with Crippen molar-refractivity contribution in [2.24, 2.45) is 0 Å². The smallest absolute Gasteiger partial charge is 0.295 e. The first kappa shape index (κ1) is 24.3. The second-order valence-corrected chi connectivity index (χ2v) is 8.69. The molecule has 7 nitrogen and oxygen atoms in total. The first-order valence-corrected chi connectivity index (χ1v) is 11.1. The van der Waals surface area contributed by atoms with E-state index in [1.165, 1.54) is 0 Å². The third-order valence-corrected chi connectivity index (χ3v) is 6.03. The molecule has 33 heavy (non-hydrogen) atoms. The number of ketones is 1. The van der Waals surface area contributed by atoms with Gasteiger partial charge in [-0.15, -0.1) is 0 Å². The number of aliphatic hydroxyl groups excluding tert-OH is 1. The number of benzene rings is 1. The second-order valence-electron chi connectivity index (χ2n) is 8.69. The van der Waals surface area contributed by atoms with E-state index < -0.39 is 17.7 Å². The van der Waals surface area contributed by atoms with E-state index in [2.05, 4.69) is 11.6 Å². The number of carbonyl (C=O) groups excluding carboxylic acids is 2. The lowest BCUT2D eigenvalue weighted by molar-refractivity contribution is -0.139. The highest BCUT2D eigenvalue weighted by molar-refractivity contribution is 6.46. The van der Waals surface area contributed by atoms with Crippen LogP contribution >= 0.6 is 0 Å². The lowest BCUT2D eigenvalue weighted by Gasteiger charge is -2.26. The average molecular weight is 452 g/mol. The van der Waals surface area contributed by atoms with Gasteiger partial charge in [0.05, 0.1) is 11.6 Å². The van der Waals surface area contributed by atoms with Crippen LogP contribution in [0.5, 0.6) is 5.75 Å². The van der Waals surface area contributed by atoms with E-state index in [1.807, 2.05) is 51.9 Å². The summed E-state index contributed by atoms with van der Waals surface area (Å²) in [6.07, 6.45) is 2.37. The zero-order valence-electron chi connectivity index (χ0n) is 20.1. The monoisotopic (exact) mass is 451 g/mol. The standard InChI is InChI=1S/C26H33N3O4/c1-7-15-33-20-11-9-19(10-12-20)23-22(24(30)21-16(2)17(3)27-18(21)4)25(31)26(32)29(23)14-8-13-28(5)6/h7,9-12,23,27,30H,1,8,13-15H2,2-6H3/b24-22+. The van der Waals surface area contributed by atoms with Gasteiger partial charge < -0.3 is 24.6 Å². The molecule has 1 fully saturated rings. The Labute approximate surface area is 195 Å². The summed E-state index contributed by atoms with van der Waals surface area (Å²) in [6.45, 7) is 10.9. The van der Waals surface area contributed by atoms with E-state index in [4.69, 9.17) is 4.74 Å². The molecule has 176 valence electrons. The van der Waals surface area contributed by atoms with E-state index >= 15 is 0 Å². The van der Waals surface area contributed by atoms with Crippen molar-refractivity contribution in [2.45, 2.75) is 33.2 Å². The van der Waals surface area contributed by atoms with Gasteiger partial charge in [0, 0.05) is 23.5 Å². The minimum Gasteiger partial charge on any atom is -0.507 e. The Morgan fingerprint density at radius 2 is 1.85 bits per heavy atom. The third kappa shape index (κ3) is 4.88. The number of rotatable bonds is 9. The predicted octanol–water partition coefficient (Wildman–Crippen LogP) is 3.88. The fourth-order valence-electron chi connectivity index (χ4n) is 4.31. The molecule has 0 spiro atoms. The van der Waals surface area contributed by atoms with Gasteiger partial charge in [-0.1, -0.05) is 24.8 Å². The van der Waals surface area contributed by atoms with Gasteiger partial charge in [0.1, 0.15) is 18.1 Å². The zero-order valence-corrected chi connectivity index (χ0v) is 20.1. The summed E-state index contributed by atoms with van der Waals surface area (Å²) >= 11 is 0. The summed E-state index contributed by atoms with van der Waals surface area (Å²) in [5.41, 5.74) is 3.97. The van der Waals surface area contributed by atoms with Gasteiger partial charge in [0.2, 0.25) is 0 Å². The Morgan fingerprint density at radius 1 is 1.18 bits per heavy atom. The summed E-state index contributed by atoms with van der Waals surface area (Å²) in [6, 6.07) is 6.60. The quantitative estimate of drug-likeness (QED) is 0.262. The highest BCUT2D eigenvalue weighted by Crippen LogP contribution is 2.41. The molecule has 2 N–H and O–H groups in total. The van der Waals surface area contributed by atoms with E-state index in [1.54, 1.807) is 23.1 Å². The Bertz CT molecular complexity index is 1080. The minimum atomic E-state index is -0.672. The van der Waals surface area contributed by atoms with Crippen LogP contribution in [0.4, 0.5) is 0 Å². The maximum absolute atomic E-state index is 13.2. The molecule has 1 saturated heterocycles. The number of nitrogens with zero attached hydrogens (tertiary/aromatic N) is 2. The molecule has 1 amide bonds. The number of nitrogens with one attached hydrogen (secondary N) is 1. The molecule has 0 radical (unpaired) electrons. The van der Waals surface area contributed by atoms with Crippen molar-refractivity contribution in [2.75, 3.05) is 33.8 Å². The lowest BCUT2D eigenvalue weighted by Crippen LogP contribution is -2.32. The number of amides is 1. The van der Waals surface area contributed by atoms with Crippen LogP contribution in [0.2, 0.25) is 0 Å². The molecule has 1 aromatic carbocycles. The van der Waals surface area contributed by atoms with Crippen LogP contribution in [0.3, 0.4) is 0 Å². The van der Waals surface area contributed by atoms with Crippen molar-refractivity contribution < 1.29 is 19.4 Å². The van der Waals surface area contributed by atoms with Crippen LogP contribution in [0.25, 0.3) is 5.76 Å². The number of ether oxygens (including phenoxy) is 1. The maximum Gasteiger partial charge on any atom is 0.295 e. The number of aliphatic hydroxyl groups is 1. The van der Waals surface area contributed by atoms with Crippen molar-refractivity contribution in [1.82, 2.24) is 14.8 Å². The third-order valence-electron chi connectivity index (χ3n) is 6.03. The van der Waals surface area contributed by atoms with Crippen molar-refractivity contribution in [3.63, 3.8) is 0 Å². The van der Waals surface area contributed by atoms with Gasteiger partial charge in [0.15, 0.2) is 0 Å². The summed E-state index contributed by atoms with van der Waals surface area (Å²) in [4.78, 5) is 33.1. The number of likely N-dealkylation sites (tertiary alicyclic amines) is 1. The van der Waals surface area contributed by atoms with Gasteiger partial charge in [-0.3, -0.25) is 9.59 Å². The molecular formula is C26H33N3O4. The van der Waals surface area contributed by atoms with Crippen LogP contribution in [0, 0.1) is 20.8 Å². The normalized spacial score (nSPS) is 17.8. The molecule has 1 aromatic heterocycles. The molecule has 7 heteroatoms. The molecule has 1 atom stereocenters. The van der Waals surface area contributed by atoms with E-state index in [-0.39, 0.29) is 11.3 Å². The number of carbonyl (C=O) groups is 2. The number of aromatic amines is 1. The van der Waals surface area contributed by atoms with Crippen LogP contribution in [0.15, 0.2) is 42.5 Å². The Balaban J connectivity index is 2.10. The van der Waals surface area contributed by atoms with Gasteiger partial charge in [0.25, 0.3) is 11.7 Å². The summed E-state index contributed by atoms with van der Waals surface area (Å²) < 4.78 is 5.57. The number of aryl methyl sites for hydroxylation is 2. The molecule has 1 aliphatic rings. The Hall–Kier alpha value is -3.32. The number of Topliss-reactive ketones (excluding diaryl/α,β-unsaturated/α-hetero) is 1. The first-order valence-electron chi connectivity index (χ1n) is 11.1. The van der Waals surface area contributed by atoms with Crippen LogP contribution in [-0.2, 0) is 9.59 Å². The highest BCUT2D eigenvalue weighted by Gasteiger charge is 2.46. The molecule has 2 aromatic rings. The van der Waals surface area contributed by atoms with Gasteiger partial charge in [-0.25, -0.2) is 0 Å². The highest BCUT2D eigenvalue weighted by atomic mass is 16.5. The lowest BCUT2D eigenvalue weighted by atomic mass is 9.94. The summed E-state index contributed by atoms with van der Waals surface area (Å²) in [5.74, 6) is -0.724. The molecule has 1 unspecified atom stereocenters. The van der Waals surface area contributed by atoms with Crippen molar-refractivity contribution in [3.8, 4) is 5.75 Å². The van der Waals surface area contributed by atoms with Crippen molar-refractivity contribution in [3.05, 3.63) is 70.6 Å². The topological polar surface area (TPSA) is 85.9 Å². The molecule has 0 aliphatic carbocycles. The van der Waals surface area contributed by atoms with Gasteiger partial charge in [-0.2, -0.15) is 0 Å². The molecule has 0 saturated carbocycles. The molecule has 0 bridgehead atoms. The SMILES string of the molecule is C=CCOc1ccc(C2/C(=C(\O)c3c(C)[nH]c(C)c3C)C(=O)C(=O)N2CCCN(C)C)cc1. The second kappa shape index (κ2) is 10.1. The summed E-state index contributed by atoms with van der Waals surface area (Å²) in [5, 5.41) is 11.3.